The Kier molecular flexibility index (Phi) is 7.81. The third-order valence-electron chi connectivity index (χ3n) is 3.98. The maximum atomic E-state index is 11.7. The van der Waals surface area contributed by atoms with Gasteiger partial charge in [0.05, 0.1) is 6.61 Å². The maximum Gasteiger partial charge on any atom is 0.220 e. The summed E-state index contributed by atoms with van der Waals surface area (Å²) in [6.07, 6.45) is 6.25. The number of amides is 1. The van der Waals surface area contributed by atoms with Gasteiger partial charge in [-0.25, -0.2) is 0 Å². The van der Waals surface area contributed by atoms with Gasteiger partial charge in [0.25, 0.3) is 0 Å². The molecule has 122 valence electrons. The summed E-state index contributed by atoms with van der Waals surface area (Å²) in [5, 5.41) is 2.99. The van der Waals surface area contributed by atoms with Crippen molar-refractivity contribution < 1.29 is 9.53 Å². The van der Waals surface area contributed by atoms with Crippen LogP contribution in [0, 0.1) is 0 Å². The summed E-state index contributed by atoms with van der Waals surface area (Å²) < 4.78 is 5.57. The zero-order chi connectivity index (χ0) is 15.5. The van der Waals surface area contributed by atoms with Gasteiger partial charge in [-0.15, -0.1) is 0 Å². The number of unbranched alkanes of at least 4 members (excludes halogenated alkanes) is 1. The molecule has 0 aliphatic carbocycles. The smallest absolute Gasteiger partial charge is 0.220 e. The summed E-state index contributed by atoms with van der Waals surface area (Å²) in [5.74, 6) is 1.00. The molecule has 1 fully saturated rings. The Balaban J connectivity index is 1.41. The fourth-order valence-electron chi connectivity index (χ4n) is 2.72. The summed E-state index contributed by atoms with van der Waals surface area (Å²) >= 11 is 0. The fourth-order valence-corrected chi connectivity index (χ4v) is 2.72. The lowest BCUT2D eigenvalue weighted by molar-refractivity contribution is -0.121. The molecule has 1 aliphatic rings. The Morgan fingerprint density at radius 2 is 1.86 bits per heavy atom. The van der Waals surface area contributed by atoms with Gasteiger partial charge in [0.15, 0.2) is 0 Å². The molecule has 0 unspecified atom stereocenters. The van der Waals surface area contributed by atoms with E-state index in [-0.39, 0.29) is 5.91 Å². The number of para-hydroxylation sites is 1. The SMILES string of the molecule is O=C(CCCOc1ccccc1)NCCCCN1CCCC1. The van der Waals surface area contributed by atoms with E-state index in [0.717, 1.165) is 25.1 Å². The Bertz CT molecular complexity index is 416. The van der Waals surface area contributed by atoms with Crippen LogP contribution in [0.2, 0.25) is 0 Å². The Morgan fingerprint density at radius 1 is 1.09 bits per heavy atom. The lowest BCUT2D eigenvalue weighted by Gasteiger charge is -2.14. The molecular weight excluding hydrogens is 276 g/mol. The van der Waals surface area contributed by atoms with Crippen molar-refractivity contribution >= 4 is 5.91 Å². The van der Waals surface area contributed by atoms with E-state index < -0.39 is 0 Å². The lowest BCUT2D eigenvalue weighted by atomic mass is 10.2. The van der Waals surface area contributed by atoms with E-state index >= 15 is 0 Å². The normalized spacial score (nSPS) is 14.9. The second-order valence-corrected chi connectivity index (χ2v) is 5.87. The number of benzene rings is 1. The first kappa shape index (κ1) is 16.8. The highest BCUT2D eigenvalue weighted by Gasteiger charge is 2.10. The second-order valence-electron chi connectivity index (χ2n) is 5.87. The standard InChI is InChI=1S/C18H28N2O2/c21-18(11-8-16-22-17-9-2-1-3-10-17)19-12-4-5-13-20-14-6-7-15-20/h1-3,9-10H,4-8,11-16H2,(H,19,21). The number of ether oxygens (including phenoxy) is 1. The number of hydrogen-bond donors (Lipinski definition) is 1. The van der Waals surface area contributed by atoms with Gasteiger partial charge in [0, 0.05) is 13.0 Å². The molecule has 1 saturated heterocycles. The van der Waals surface area contributed by atoms with E-state index in [0.29, 0.717) is 13.0 Å². The van der Waals surface area contributed by atoms with E-state index in [1.165, 1.54) is 38.9 Å². The van der Waals surface area contributed by atoms with Crippen LogP contribution in [-0.2, 0) is 4.79 Å². The van der Waals surface area contributed by atoms with Crippen molar-refractivity contribution in [2.24, 2.45) is 0 Å². The molecule has 0 saturated carbocycles. The molecule has 1 N–H and O–H groups in total. The molecule has 0 spiro atoms. The summed E-state index contributed by atoms with van der Waals surface area (Å²) in [7, 11) is 0. The minimum absolute atomic E-state index is 0.137. The molecule has 0 aromatic heterocycles. The van der Waals surface area contributed by atoms with Gasteiger partial charge in [-0.05, 0) is 63.9 Å². The first-order chi connectivity index (χ1) is 10.8. The van der Waals surface area contributed by atoms with Crippen molar-refractivity contribution in [1.82, 2.24) is 10.2 Å². The molecule has 1 aromatic carbocycles. The average Bonchev–Trinajstić information content (AvgIpc) is 3.06. The largest absolute Gasteiger partial charge is 0.494 e. The summed E-state index contributed by atoms with van der Waals surface area (Å²) in [6, 6.07) is 9.72. The van der Waals surface area contributed by atoms with Gasteiger partial charge in [-0.3, -0.25) is 4.79 Å². The molecular formula is C18H28N2O2. The lowest BCUT2D eigenvalue weighted by Crippen LogP contribution is -2.26. The molecule has 4 heteroatoms. The van der Waals surface area contributed by atoms with Gasteiger partial charge in [-0.1, -0.05) is 18.2 Å². The monoisotopic (exact) mass is 304 g/mol. The highest BCUT2D eigenvalue weighted by molar-refractivity contribution is 5.75. The average molecular weight is 304 g/mol. The van der Waals surface area contributed by atoms with Crippen LogP contribution >= 0.6 is 0 Å². The Labute approximate surface area is 133 Å². The number of nitrogens with zero attached hydrogens (tertiary/aromatic N) is 1. The number of hydrogen-bond acceptors (Lipinski definition) is 3. The maximum absolute atomic E-state index is 11.7. The van der Waals surface area contributed by atoms with E-state index in [1.54, 1.807) is 0 Å². The molecule has 0 bridgehead atoms. The van der Waals surface area contributed by atoms with Crippen LogP contribution in [0.4, 0.5) is 0 Å². The van der Waals surface area contributed by atoms with Crippen molar-refractivity contribution in [3.63, 3.8) is 0 Å². The predicted molar refractivity (Wildman–Crippen MR) is 89.1 cm³/mol. The molecule has 0 radical (unpaired) electrons. The number of nitrogens with one attached hydrogen (secondary N) is 1. The van der Waals surface area contributed by atoms with E-state index in [9.17, 15) is 4.79 Å². The van der Waals surface area contributed by atoms with Gasteiger partial charge in [-0.2, -0.15) is 0 Å². The van der Waals surface area contributed by atoms with Crippen LogP contribution in [0.25, 0.3) is 0 Å². The van der Waals surface area contributed by atoms with Crippen molar-refractivity contribution in [3.05, 3.63) is 30.3 Å². The molecule has 4 nitrogen and oxygen atoms in total. The third-order valence-corrected chi connectivity index (χ3v) is 3.98. The van der Waals surface area contributed by atoms with Crippen LogP contribution in [0.15, 0.2) is 30.3 Å². The summed E-state index contributed by atoms with van der Waals surface area (Å²) in [4.78, 5) is 14.2. The minimum atomic E-state index is 0.137. The van der Waals surface area contributed by atoms with Crippen LogP contribution in [0.5, 0.6) is 5.75 Å². The molecule has 22 heavy (non-hydrogen) atoms. The van der Waals surface area contributed by atoms with E-state index in [1.807, 2.05) is 30.3 Å². The second kappa shape index (κ2) is 10.2. The topological polar surface area (TPSA) is 41.6 Å². The molecule has 1 amide bonds. The zero-order valence-electron chi connectivity index (χ0n) is 13.4. The van der Waals surface area contributed by atoms with Crippen LogP contribution < -0.4 is 10.1 Å². The summed E-state index contributed by atoms with van der Waals surface area (Å²) in [6.45, 7) is 5.08. The zero-order valence-corrected chi connectivity index (χ0v) is 13.4. The van der Waals surface area contributed by atoms with Gasteiger partial charge in [0.2, 0.25) is 5.91 Å². The highest BCUT2D eigenvalue weighted by atomic mass is 16.5. The first-order valence-corrected chi connectivity index (χ1v) is 8.51. The van der Waals surface area contributed by atoms with Crippen LogP contribution in [0.1, 0.15) is 38.5 Å². The third kappa shape index (κ3) is 6.94. The molecule has 1 aromatic rings. The van der Waals surface area contributed by atoms with E-state index in [4.69, 9.17) is 4.74 Å². The number of carbonyl (C=O) groups is 1. The fraction of sp³-hybridized carbons (Fsp3) is 0.611. The Morgan fingerprint density at radius 3 is 2.64 bits per heavy atom. The Hall–Kier alpha value is -1.55. The predicted octanol–water partition coefficient (Wildman–Crippen LogP) is 2.84. The van der Waals surface area contributed by atoms with Crippen molar-refractivity contribution in [2.45, 2.75) is 38.5 Å². The van der Waals surface area contributed by atoms with Gasteiger partial charge < -0.3 is 15.0 Å². The molecule has 0 atom stereocenters. The quantitative estimate of drug-likeness (QED) is 0.676. The van der Waals surface area contributed by atoms with Gasteiger partial charge in [0.1, 0.15) is 5.75 Å². The van der Waals surface area contributed by atoms with Crippen molar-refractivity contribution in [1.29, 1.82) is 0 Å². The molecule has 1 aliphatic heterocycles. The van der Waals surface area contributed by atoms with Crippen molar-refractivity contribution in [2.75, 3.05) is 32.8 Å². The summed E-state index contributed by atoms with van der Waals surface area (Å²) in [5.41, 5.74) is 0. The van der Waals surface area contributed by atoms with Gasteiger partial charge >= 0.3 is 0 Å². The number of likely N-dealkylation sites (tertiary alicyclic amines) is 1. The molecule has 2 rings (SSSR count). The van der Waals surface area contributed by atoms with Crippen molar-refractivity contribution in [3.8, 4) is 5.75 Å². The molecule has 1 heterocycles. The van der Waals surface area contributed by atoms with Crippen LogP contribution in [-0.4, -0.2) is 43.6 Å². The number of carbonyl (C=O) groups excluding carboxylic acids is 1. The van der Waals surface area contributed by atoms with E-state index in [2.05, 4.69) is 10.2 Å². The highest BCUT2D eigenvalue weighted by Crippen LogP contribution is 2.09. The minimum Gasteiger partial charge on any atom is -0.494 e. The number of rotatable bonds is 10. The van der Waals surface area contributed by atoms with Crippen LogP contribution in [0.3, 0.4) is 0 Å². The first-order valence-electron chi connectivity index (χ1n) is 8.51.